The lowest BCUT2D eigenvalue weighted by Crippen LogP contribution is -2.28. The first kappa shape index (κ1) is 12.2. The molecule has 0 amide bonds. The van der Waals surface area contributed by atoms with Gasteiger partial charge in [-0.15, -0.1) is 0 Å². The molecule has 2 N–H and O–H groups in total. The first-order valence-electron chi connectivity index (χ1n) is 5.18. The lowest BCUT2D eigenvalue weighted by Gasteiger charge is -2.13. The van der Waals surface area contributed by atoms with Gasteiger partial charge in [0.25, 0.3) is 0 Å². The van der Waals surface area contributed by atoms with Gasteiger partial charge in [-0.3, -0.25) is 0 Å². The average Bonchev–Trinajstić information content (AvgIpc) is 2.25. The highest BCUT2D eigenvalue weighted by Crippen LogP contribution is 2.00. The molecule has 84 valence electrons. The summed E-state index contributed by atoms with van der Waals surface area (Å²) < 4.78 is 5.25. The number of benzene rings is 1. The van der Waals surface area contributed by atoms with Gasteiger partial charge in [-0.05, 0) is 18.9 Å². The fourth-order valence-corrected chi connectivity index (χ4v) is 1.18. The zero-order valence-corrected chi connectivity index (χ0v) is 8.97. The predicted molar refractivity (Wildman–Crippen MR) is 58.7 cm³/mol. The van der Waals surface area contributed by atoms with Crippen LogP contribution < -0.4 is 0 Å². The lowest BCUT2D eigenvalue weighted by atomic mass is 10.2. The van der Waals surface area contributed by atoms with Gasteiger partial charge in [-0.2, -0.15) is 0 Å². The number of aliphatic hydroxyl groups excluding tert-OH is 2. The monoisotopic (exact) mass is 210 g/mol. The Morgan fingerprint density at radius 1 is 1.20 bits per heavy atom. The maximum atomic E-state index is 9.25. The summed E-state index contributed by atoms with van der Waals surface area (Å²) in [6, 6.07) is 10.0. The Morgan fingerprint density at radius 2 is 1.87 bits per heavy atom. The molecule has 0 saturated carbocycles. The topological polar surface area (TPSA) is 49.7 Å². The average molecular weight is 210 g/mol. The van der Waals surface area contributed by atoms with Crippen LogP contribution in [-0.2, 0) is 11.2 Å². The van der Waals surface area contributed by atoms with Crippen LogP contribution in [0, 0.1) is 0 Å². The van der Waals surface area contributed by atoms with E-state index >= 15 is 0 Å². The van der Waals surface area contributed by atoms with Crippen molar-refractivity contribution in [2.75, 3.05) is 13.2 Å². The molecule has 0 fully saturated rings. The molecule has 1 aromatic rings. The Balaban J connectivity index is 2.12. The highest BCUT2D eigenvalue weighted by Gasteiger charge is 2.09. The van der Waals surface area contributed by atoms with Crippen LogP contribution in [0.2, 0.25) is 0 Å². The van der Waals surface area contributed by atoms with E-state index in [-0.39, 0.29) is 6.61 Å². The molecule has 0 aliphatic carbocycles. The predicted octanol–water partition coefficient (Wildman–Crippen LogP) is 0.987. The molecule has 0 aliphatic heterocycles. The van der Waals surface area contributed by atoms with Crippen LogP contribution in [0.25, 0.3) is 0 Å². The summed E-state index contributed by atoms with van der Waals surface area (Å²) in [4.78, 5) is 0. The number of aliphatic hydroxyl groups is 2. The summed E-state index contributed by atoms with van der Waals surface area (Å²) in [5.41, 5.74) is 1.21. The number of hydrogen-bond acceptors (Lipinski definition) is 3. The molecular weight excluding hydrogens is 192 g/mol. The first-order valence-corrected chi connectivity index (χ1v) is 5.18. The molecule has 1 aromatic carbocycles. The standard InChI is InChI=1S/C12H18O3/c1-10(13)12(14)9-15-8-7-11-5-3-2-4-6-11/h2-6,10,12-14H,7-9H2,1H3. The zero-order chi connectivity index (χ0) is 11.1. The number of hydrogen-bond donors (Lipinski definition) is 2. The van der Waals surface area contributed by atoms with Gasteiger partial charge in [0.2, 0.25) is 0 Å². The molecule has 0 bridgehead atoms. The van der Waals surface area contributed by atoms with Crippen LogP contribution in [0.5, 0.6) is 0 Å². The quantitative estimate of drug-likeness (QED) is 0.688. The largest absolute Gasteiger partial charge is 0.391 e. The maximum Gasteiger partial charge on any atom is 0.103 e. The van der Waals surface area contributed by atoms with Crippen LogP contribution in [-0.4, -0.2) is 35.6 Å². The fourth-order valence-electron chi connectivity index (χ4n) is 1.18. The molecule has 0 saturated heterocycles. The van der Waals surface area contributed by atoms with E-state index in [9.17, 15) is 5.11 Å². The number of ether oxygens (including phenoxy) is 1. The van der Waals surface area contributed by atoms with Gasteiger partial charge in [0.15, 0.2) is 0 Å². The van der Waals surface area contributed by atoms with Crippen molar-refractivity contribution in [3.8, 4) is 0 Å². The molecule has 15 heavy (non-hydrogen) atoms. The number of rotatable bonds is 6. The van der Waals surface area contributed by atoms with Crippen molar-refractivity contribution in [1.82, 2.24) is 0 Å². The molecule has 3 heteroatoms. The maximum absolute atomic E-state index is 9.25. The zero-order valence-electron chi connectivity index (χ0n) is 8.97. The van der Waals surface area contributed by atoms with Gasteiger partial charge in [0, 0.05) is 0 Å². The van der Waals surface area contributed by atoms with Crippen molar-refractivity contribution < 1.29 is 14.9 Å². The fraction of sp³-hybridized carbons (Fsp3) is 0.500. The smallest absolute Gasteiger partial charge is 0.103 e. The third-order valence-electron chi connectivity index (χ3n) is 2.22. The van der Waals surface area contributed by atoms with Crippen LogP contribution in [0.4, 0.5) is 0 Å². The summed E-state index contributed by atoms with van der Waals surface area (Å²) in [5.74, 6) is 0. The van der Waals surface area contributed by atoms with Crippen LogP contribution in [0.15, 0.2) is 30.3 Å². The minimum Gasteiger partial charge on any atom is -0.391 e. The Kier molecular flexibility index (Phi) is 5.32. The van der Waals surface area contributed by atoms with E-state index in [1.807, 2.05) is 30.3 Å². The Labute approximate surface area is 90.3 Å². The van der Waals surface area contributed by atoms with Crippen molar-refractivity contribution in [1.29, 1.82) is 0 Å². The van der Waals surface area contributed by atoms with Crippen molar-refractivity contribution in [2.24, 2.45) is 0 Å². The Hall–Kier alpha value is -0.900. The van der Waals surface area contributed by atoms with E-state index in [1.165, 1.54) is 5.56 Å². The molecule has 0 radical (unpaired) electrons. The van der Waals surface area contributed by atoms with Crippen molar-refractivity contribution in [3.63, 3.8) is 0 Å². The van der Waals surface area contributed by atoms with E-state index in [0.29, 0.717) is 6.61 Å². The second-order valence-corrected chi connectivity index (χ2v) is 3.62. The summed E-state index contributed by atoms with van der Waals surface area (Å²) in [6.07, 6.45) is -0.699. The summed E-state index contributed by atoms with van der Waals surface area (Å²) in [5, 5.41) is 18.3. The molecule has 3 nitrogen and oxygen atoms in total. The van der Waals surface area contributed by atoms with E-state index < -0.39 is 12.2 Å². The van der Waals surface area contributed by atoms with Gasteiger partial charge in [0.05, 0.1) is 19.3 Å². The SMILES string of the molecule is CC(O)C(O)COCCc1ccccc1. The molecule has 2 unspecified atom stereocenters. The van der Waals surface area contributed by atoms with Gasteiger partial charge in [-0.25, -0.2) is 0 Å². The van der Waals surface area contributed by atoms with Crippen molar-refractivity contribution >= 4 is 0 Å². The molecule has 0 heterocycles. The minimum absolute atomic E-state index is 0.185. The first-order chi connectivity index (χ1) is 7.20. The van der Waals surface area contributed by atoms with Gasteiger partial charge in [-0.1, -0.05) is 30.3 Å². The van der Waals surface area contributed by atoms with Gasteiger partial charge < -0.3 is 14.9 Å². The van der Waals surface area contributed by atoms with Crippen LogP contribution >= 0.6 is 0 Å². The van der Waals surface area contributed by atoms with Crippen LogP contribution in [0.1, 0.15) is 12.5 Å². The Morgan fingerprint density at radius 3 is 2.47 bits per heavy atom. The van der Waals surface area contributed by atoms with Crippen molar-refractivity contribution in [2.45, 2.75) is 25.6 Å². The van der Waals surface area contributed by atoms with Crippen LogP contribution in [0.3, 0.4) is 0 Å². The van der Waals surface area contributed by atoms with Gasteiger partial charge >= 0.3 is 0 Å². The van der Waals surface area contributed by atoms with E-state index in [4.69, 9.17) is 9.84 Å². The summed E-state index contributed by atoms with van der Waals surface area (Å²) in [7, 11) is 0. The molecular formula is C12H18O3. The molecule has 0 spiro atoms. The normalized spacial score (nSPS) is 14.9. The molecule has 1 rings (SSSR count). The molecule has 2 atom stereocenters. The van der Waals surface area contributed by atoms with E-state index in [2.05, 4.69) is 0 Å². The highest BCUT2D eigenvalue weighted by atomic mass is 16.5. The third-order valence-corrected chi connectivity index (χ3v) is 2.22. The second kappa shape index (κ2) is 6.56. The minimum atomic E-state index is -0.791. The molecule has 0 aliphatic rings. The van der Waals surface area contributed by atoms with Crippen molar-refractivity contribution in [3.05, 3.63) is 35.9 Å². The Bertz CT molecular complexity index is 259. The second-order valence-electron chi connectivity index (χ2n) is 3.62. The summed E-state index contributed by atoms with van der Waals surface area (Å²) >= 11 is 0. The third kappa shape index (κ3) is 4.93. The van der Waals surface area contributed by atoms with E-state index in [1.54, 1.807) is 6.92 Å². The van der Waals surface area contributed by atoms with Gasteiger partial charge in [0.1, 0.15) is 6.10 Å². The summed E-state index contributed by atoms with van der Waals surface area (Å²) in [6.45, 7) is 2.30. The molecule has 0 aromatic heterocycles. The van der Waals surface area contributed by atoms with E-state index in [0.717, 1.165) is 6.42 Å². The lowest BCUT2D eigenvalue weighted by molar-refractivity contribution is -0.0296. The highest BCUT2D eigenvalue weighted by molar-refractivity contribution is 5.14.